The van der Waals surface area contributed by atoms with E-state index < -0.39 is 0 Å². The number of nitrogens with one attached hydrogen (secondary N) is 1. The number of benzene rings is 2. The number of likely N-dealkylation sites (tertiary alicyclic amines) is 1. The number of methoxy groups -OCH3 is 1. The first-order chi connectivity index (χ1) is 14.3. The fourth-order valence-corrected chi connectivity index (χ4v) is 3.77. The molecule has 29 heavy (non-hydrogen) atoms. The number of hydrogen-bond donors (Lipinski definition) is 1. The van der Waals surface area contributed by atoms with Gasteiger partial charge in [0.2, 0.25) is 0 Å². The van der Waals surface area contributed by atoms with Crippen LogP contribution in [0.15, 0.2) is 42.5 Å². The highest BCUT2D eigenvalue weighted by molar-refractivity contribution is 5.43. The van der Waals surface area contributed by atoms with Crippen LogP contribution in [-0.2, 0) is 12.8 Å². The van der Waals surface area contributed by atoms with Gasteiger partial charge in [0, 0.05) is 24.9 Å². The van der Waals surface area contributed by atoms with Gasteiger partial charge in [0.25, 0.3) is 0 Å². The molecule has 4 rings (SSSR count). The number of para-hydroxylation sites is 1. The molecule has 2 heterocycles. The van der Waals surface area contributed by atoms with Crippen molar-refractivity contribution in [1.82, 2.24) is 25.5 Å². The van der Waals surface area contributed by atoms with Crippen molar-refractivity contribution in [2.24, 2.45) is 0 Å². The van der Waals surface area contributed by atoms with E-state index in [1.54, 1.807) is 7.11 Å². The van der Waals surface area contributed by atoms with Crippen molar-refractivity contribution >= 4 is 0 Å². The number of hydrogen-bond acceptors (Lipinski definition) is 6. The highest BCUT2D eigenvalue weighted by Crippen LogP contribution is 2.26. The summed E-state index contributed by atoms with van der Waals surface area (Å²) in [6.07, 6.45) is 3.98. The summed E-state index contributed by atoms with van der Waals surface area (Å²) in [5.41, 5.74) is 3.39. The Kier molecular flexibility index (Phi) is 6.36. The lowest BCUT2D eigenvalue weighted by Gasteiger charge is -2.17. The molecule has 1 saturated heterocycles. The first-order valence-corrected chi connectivity index (χ1v) is 10.1. The number of nitrogens with zero attached hydrogens (tertiary/aromatic N) is 4. The van der Waals surface area contributed by atoms with Crippen LogP contribution in [0.5, 0.6) is 11.5 Å². The van der Waals surface area contributed by atoms with E-state index in [1.807, 2.05) is 6.07 Å². The molecule has 0 spiro atoms. The van der Waals surface area contributed by atoms with Crippen molar-refractivity contribution in [1.29, 1.82) is 0 Å². The molecule has 1 N–H and O–H groups in total. The van der Waals surface area contributed by atoms with E-state index in [-0.39, 0.29) is 0 Å². The molecule has 0 saturated carbocycles. The van der Waals surface area contributed by atoms with E-state index >= 15 is 0 Å². The van der Waals surface area contributed by atoms with Crippen molar-refractivity contribution in [3.63, 3.8) is 0 Å². The molecule has 1 aromatic heterocycles. The Hall–Kier alpha value is -2.93. The number of aromatic amines is 1. The van der Waals surface area contributed by atoms with Gasteiger partial charge in [-0.3, -0.25) is 4.90 Å². The molecule has 152 valence electrons. The van der Waals surface area contributed by atoms with Crippen LogP contribution in [0.3, 0.4) is 0 Å². The van der Waals surface area contributed by atoms with E-state index in [0.717, 1.165) is 36.6 Å². The van der Waals surface area contributed by atoms with E-state index in [0.29, 0.717) is 12.2 Å². The minimum Gasteiger partial charge on any atom is -0.496 e. The monoisotopic (exact) mass is 393 g/mol. The van der Waals surface area contributed by atoms with Gasteiger partial charge in [-0.25, -0.2) is 0 Å². The third kappa shape index (κ3) is 5.12. The van der Waals surface area contributed by atoms with Gasteiger partial charge in [-0.1, -0.05) is 35.5 Å². The Balaban J connectivity index is 1.43. The number of aromatic nitrogens is 4. The lowest BCUT2D eigenvalue weighted by molar-refractivity contribution is 0.236. The summed E-state index contributed by atoms with van der Waals surface area (Å²) in [6, 6.07) is 14.6. The van der Waals surface area contributed by atoms with E-state index in [4.69, 9.17) is 9.47 Å². The van der Waals surface area contributed by atoms with Crippen molar-refractivity contribution in [3.05, 3.63) is 65.0 Å². The fourth-order valence-electron chi connectivity index (χ4n) is 3.77. The van der Waals surface area contributed by atoms with Gasteiger partial charge in [-0.05, 0) is 49.2 Å². The van der Waals surface area contributed by atoms with Crippen LogP contribution in [0.4, 0.5) is 0 Å². The zero-order chi connectivity index (χ0) is 19.9. The van der Waals surface area contributed by atoms with Crippen LogP contribution in [0.1, 0.15) is 35.4 Å². The SMILES string of the molecule is COc1cc(Cc2ccccc2OCCN2CCCC2)ccc1Cc1nn[nH]n1. The molecule has 0 aliphatic carbocycles. The standard InChI is InChI=1S/C22H27N5O2/c1-28-21-15-17(8-9-19(21)16-22-23-25-26-24-22)14-18-6-2-3-7-20(18)29-13-12-27-10-4-5-11-27/h2-3,6-9,15H,4-5,10-14,16H2,1H3,(H,23,24,25,26). The highest BCUT2D eigenvalue weighted by atomic mass is 16.5. The molecule has 1 fully saturated rings. The third-order valence-electron chi connectivity index (χ3n) is 5.32. The maximum atomic E-state index is 6.12. The molecule has 3 aromatic rings. The zero-order valence-electron chi connectivity index (χ0n) is 16.8. The van der Waals surface area contributed by atoms with Crippen LogP contribution in [-0.4, -0.2) is 58.9 Å². The molecular formula is C22H27N5O2. The Morgan fingerprint density at radius 2 is 1.83 bits per heavy atom. The number of ether oxygens (including phenoxy) is 2. The van der Waals surface area contributed by atoms with Crippen molar-refractivity contribution in [2.75, 3.05) is 33.4 Å². The molecule has 7 heteroatoms. The van der Waals surface area contributed by atoms with Crippen LogP contribution in [0.25, 0.3) is 0 Å². The van der Waals surface area contributed by atoms with E-state index in [9.17, 15) is 0 Å². The van der Waals surface area contributed by atoms with Crippen molar-refractivity contribution in [3.8, 4) is 11.5 Å². The van der Waals surface area contributed by atoms with Gasteiger partial charge >= 0.3 is 0 Å². The molecule has 7 nitrogen and oxygen atoms in total. The lowest BCUT2D eigenvalue weighted by Crippen LogP contribution is -2.25. The molecule has 0 unspecified atom stereocenters. The summed E-state index contributed by atoms with van der Waals surface area (Å²) in [7, 11) is 1.69. The second kappa shape index (κ2) is 9.52. The molecule has 0 bridgehead atoms. The van der Waals surface area contributed by atoms with E-state index in [1.165, 1.54) is 37.1 Å². The van der Waals surface area contributed by atoms with Gasteiger partial charge in [0.1, 0.15) is 18.1 Å². The topological polar surface area (TPSA) is 76.2 Å². The Labute approximate surface area is 171 Å². The van der Waals surface area contributed by atoms with Crippen LogP contribution in [0.2, 0.25) is 0 Å². The molecule has 0 atom stereocenters. The van der Waals surface area contributed by atoms with Gasteiger partial charge in [0.15, 0.2) is 5.82 Å². The lowest BCUT2D eigenvalue weighted by atomic mass is 10.0. The summed E-state index contributed by atoms with van der Waals surface area (Å²) >= 11 is 0. The number of rotatable bonds is 9. The third-order valence-corrected chi connectivity index (χ3v) is 5.32. The molecule has 0 radical (unpaired) electrons. The van der Waals surface area contributed by atoms with E-state index in [2.05, 4.69) is 61.9 Å². The molecule has 1 aliphatic rings. The first-order valence-electron chi connectivity index (χ1n) is 10.1. The van der Waals surface area contributed by atoms with Crippen LogP contribution in [0, 0.1) is 0 Å². The average molecular weight is 393 g/mol. The molecule has 2 aromatic carbocycles. The van der Waals surface area contributed by atoms with Crippen LogP contribution >= 0.6 is 0 Å². The zero-order valence-corrected chi connectivity index (χ0v) is 16.8. The molecular weight excluding hydrogens is 366 g/mol. The summed E-state index contributed by atoms with van der Waals surface area (Å²) in [6.45, 7) is 4.11. The highest BCUT2D eigenvalue weighted by Gasteiger charge is 2.13. The predicted octanol–water partition coefficient (Wildman–Crippen LogP) is 2.86. The van der Waals surface area contributed by atoms with Crippen molar-refractivity contribution < 1.29 is 9.47 Å². The first kappa shape index (κ1) is 19.4. The molecule has 0 amide bonds. The number of tetrazole rings is 1. The number of H-pyrrole nitrogens is 1. The average Bonchev–Trinajstić information content (AvgIpc) is 3.45. The van der Waals surface area contributed by atoms with Crippen molar-refractivity contribution in [2.45, 2.75) is 25.7 Å². The molecule has 1 aliphatic heterocycles. The summed E-state index contributed by atoms with van der Waals surface area (Å²) in [5, 5.41) is 14.1. The Morgan fingerprint density at radius 1 is 1.00 bits per heavy atom. The second-order valence-corrected chi connectivity index (χ2v) is 7.33. The normalized spacial score (nSPS) is 14.2. The smallest absolute Gasteiger partial charge is 0.179 e. The van der Waals surface area contributed by atoms with Gasteiger partial charge in [-0.15, -0.1) is 10.2 Å². The quantitative estimate of drug-likeness (QED) is 0.602. The maximum absolute atomic E-state index is 6.12. The van der Waals surface area contributed by atoms with Gasteiger partial charge in [0.05, 0.1) is 7.11 Å². The van der Waals surface area contributed by atoms with Crippen LogP contribution < -0.4 is 9.47 Å². The summed E-state index contributed by atoms with van der Waals surface area (Å²) in [4.78, 5) is 2.47. The largest absolute Gasteiger partial charge is 0.496 e. The van der Waals surface area contributed by atoms with Gasteiger partial charge < -0.3 is 9.47 Å². The maximum Gasteiger partial charge on any atom is 0.179 e. The Bertz CT molecular complexity index is 907. The predicted molar refractivity (Wildman–Crippen MR) is 110 cm³/mol. The summed E-state index contributed by atoms with van der Waals surface area (Å²) in [5.74, 6) is 2.44. The van der Waals surface area contributed by atoms with Gasteiger partial charge in [-0.2, -0.15) is 5.21 Å². The minimum atomic E-state index is 0.580. The fraction of sp³-hybridized carbons (Fsp3) is 0.409. The summed E-state index contributed by atoms with van der Waals surface area (Å²) < 4.78 is 11.7. The second-order valence-electron chi connectivity index (χ2n) is 7.33. The Morgan fingerprint density at radius 3 is 2.62 bits per heavy atom. The minimum absolute atomic E-state index is 0.580.